The van der Waals surface area contributed by atoms with Crippen LogP contribution in [-0.2, 0) is 17.4 Å². The number of benzene rings is 2. The fourth-order valence-electron chi connectivity index (χ4n) is 4.06. The van der Waals surface area contributed by atoms with Crippen molar-refractivity contribution in [1.29, 1.82) is 5.26 Å². The van der Waals surface area contributed by atoms with Gasteiger partial charge in [-0.25, -0.2) is 4.39 Å². The number of hydrogen-bond acceptors (Lipinski definition) is 5. The Kier molecular flexibility index (Phi) is 6.46. The Hall–Kier alpha value is -3.61. The maximum atomic E-state index is 14.5. The molecular weight excluding hydrogens is 456 g/mol. The van der Waals surface area contributed by atoms with Crippen molar-refractivity contribution in [3.05, 3.63) is 58.4 Å². The van der Waals surface area contributed by atoms with E-state index in [1.807, 2.05) is 0 Å². The number of rotatable bonds is 4. The van der Waals surface area contributed by atoms with E-state index in [9.17, 15) is 27.2 Å². The highest BCUT2D eigenvalue weighted by Gasteiger charge is 2.32. The van der Waals surface area contributed by atoms with Gasteiger partial charge in [-0.15, -0.1) is 0 Å². The Bertz CT molecular complexity index is 1160. The summed E-state index contributed by atoms with van der Waals surface area (Å²) in [4.78, 5) is 26.0. The maximum absolute atomic E-state index is 14.5. The van der Waals surface area contributed by atoms with E-state index >= 15 is 0 Å². The number of amides is 1. The molecule has 0 saturated carbocycles. The van der Waals surface area contributed by atoms with Gasteiger partial charge in [-0.1, -0.05) is 0 Å². The summed E-state index contributed by atoms with van der Waals surface area (Å²) in [5.41, 5.74) is -0.759. The number of carbonyl (C=O) groups is 2. The van der Waals surface area contributed by atoms with Gasteiger partial charge in [-0.05, 0) is 43.0 Å². The number of ether oxygens (including phenoxy) is 2. The average Bonchev–Trinajstić information content (AvgIpc) is 2.81. The number of nitriles is 1. The Labute approximate surface area is 192 Å². The van der Waals surface area contributed by atoms with Crippen molar-refractivity contribution in [2.24, 2.45) is 5.92 Å². The van der Waals surface area contributed by atoms with Gasteiger partial charge in [0.2, 0.25) is 0 Å². The second kappa shape index (κ2) is 9.33. The Morgan fingerprint density at radius 2 is 1.94 bits per heavy atom. The summed E-state index contributed by atoms with van der Waals surface area (Å²) in [6, 6.07) is 6.97. The maximum Gasteiger partial charge on any atom is 0.416 e. The van der Waals surface area contributed by atoms with Gasteiger partial charge in [-0.2, -0.15) is 18.4 Å². The fraction of sp³-hybridized carbons (Fsp3) is 0.375. The van der Waals surface area contributed by atoms with Crippen molar-refractivity contribution in [3.63, 3.8) is 0 Å². The lowest BCUT2D eigenvalue weighted by Gasteiger charge is -2.32. The second-order valence-electron chi connectivity index (χ2n) is 8.31. The molecule has 0 spiro atoms. The molecular formula is C24H20F4N2O4. The van der Waals surface area contributed by atoms with Crippen LogP contribution in [0.2, 0.25) is 0 Å². The van der Waals surface area contributed by atoms with Crippen LogP contribution in [0.1, 0.15) is 39.9 Å². The van der Waals surface area contributed by atoms with E-state index in [-0.39, 0.29) is 54.0 Å². The zero-order valence-corrected chi connectivity index (χ0v) is 18.0. The molecule has 0 N–H and O–H groups in total. The number of halogens is 4. The molecule has 0 bridgehead atoms. The zero-order valence-electron chi connectivity index (χ0n) is 18.0. The van der Waals surface area contributed by atoms with Gasteiger partial charge in [0.1, 0.15) is 30.0 Å². The van der Waals surface area contributed by atoms with Crippen molar-refractivity contribution in [2.45, 2.75) is 25.4 Å². The molecule has 2 aromatic carbocycles. The van der Waals surface area contributed by atoms with Crippen molar-refractivity contribution in [3.8, 4) is 17.6 Å². The molecule has 178 valence electrons. The van der Waals surface area contributed by atoms with Gasteiger partial charge < -0.3 is 14.4 Å². The van der Waals surface area contributed by atoms with Crippen LogP contribution in [0, 0.1) is 23.1 Å². The van der Waals surface area contributed by atoms with Gasteiger partial charge in [0.05, 0.1) is 23.3 Å². The van der Waals surface area contributed by atoms with Gasteiger partial charge in [-0.3, -0.25) is 9.59 Å². The SMILES string of the molecule is N#Cc1cc(C(F)(F)F)ccc1OCC1CCN(C(=O)c2cc3c(cc2F)OCC(=O)C3)CC1. The highest BCUT2D eigenvalue weighted by Crippen LogP contribution is 2.33. The van der Waals surface area contributed by atoms with Crippen molar-refractivity contribution in [2.75, 3.05) is 26.3 Å². The zero-order chi connectivity index (χ0) is 24.5. The minimum Gasteiger partial charge on any atom is -0.492 e. The number of Topliss-reactive ketones (excluding diaryl/α,β-unsaturated/α-hetero) is 1. The summed E-state index contributed by atoms with van der Waals surface area (Å²) in [6.07, 6.45) is -3.38. The Balaban J connectivity index is 1.35. The van der Waals surface area contributed by atoms with Crippen LogP contribution < -0.4 is 9.47 Å². The number of hydrogen-bond donors (Lipinski definition) is 0. The molecule has 34 heavy (non-hydrogen) atoms. The minimum atomic E-state index is -4.55. The lowest BCUT2D eigenvalue weighted by atomic mass is 9.96. The van der Waals surface area contributed by atoms with Crippen LogP contribution in [0.25, 0.3) is 0 Å². The molecule has 0 aromatic heterocycles. The first kappa shape index (κ1) is 23.5. The molecule has 6 nitrogen and oxygen atoms in total. The van der Waals surface area contributed by atoms with Gasteiger partial charge in [0.25, 0.3) is 5.91 Å². The monoisotopic (exact) mass is 476 g/mol. The summed E-state index contributed by atoms with van der Waals surface area (Å²) in [6.45, 7) is 0.750. The highest BCUT2D eigenvalue weighted by atomic mass is 19.4. The summed E-state index contributed by atoms with van der Waals surface area (Å²) in [5, 5.41) is 9.16. The van der Waals surface area contributed by atoms with Gasteiger partial charge in [0, 0.05) is 31.1 Å². The van der Waals surface area contributed by atoms with Crippen LogP contribution in [-0.4, -0.2) is 42.9 Å². The molecule has 2 aromatic rings. The number of fused-ring (bicyclic) bond motifs is 1. The first-order valence-electron chi connectivity index (χ1n) is 10.7. The van der Waals surface area contributed by atoms with Crippen LogP contribution in [0.4, 0.5) is 17.6 Å². The van der Waals surface area contributed by atoms with E-state index in [0.717, 1.165) is 24.3 Å². The second-order valence-corrected chi connectivity index (χ2v) is 8.31. The number of alkyl halides is 3. The van der Waals surface area contributed by atoms with Gasteiger partial charge in [0.15, 0.2) is 5.78 Å². The molecule has 1 amide bonds. The van der Waals surface area contributed by atoms with E-state index < -0.39 is 23.5 Å². The molecule has 1 fully saturated rings. The molecule has 0 unspecified atom stereocenters. The van der Waals surface area contributed by atoms with Gasteiger partial charge >= 0.3 is 6.18 Å². The molecule has 10 heteroatoms. The normalized spacial score (nSPS) is 16.4. The number of ketones is 1. The fourth-order valence-corrected chi connectivity index (χ4v) is 4.06. The van der Waals surface area contributed by atoms with Crippen molar-refractivity contribution in [1.82, 2.24) is 4.90 Å². The topological polar surface area (TPSA) is 79.6 Å². The summed E-state index contributed by atoms with van der Waals surface area (Å²) >= 11 is 0. The molecule has 2 aliphatic heterocycles. The van der Waals surface area contributed by atoms with Crippen molar-refractivity contribution < 1.29 is 36.6 Å². The van der Waals surface area contributed by atoms with E-state index in [4.69, 9.17) is 14.7 Å². The summed E-state index contributed by atoms with van der Waals surface area (Å²) in [7, 11) is 0. The molecule has 0 radical (unpaired) electrons. The van der Waals surface area contributed by atoms with E-state index in [2.05, 4.69) is 0 Å². The van der Waals surface area contributed by atoms with E-state index in [1.54, 1.807) is 6.07 Å². The Morgan fingerprint density at radius 1 is 1.21 bits per heavy atom. The number of carbonyl (C=O) groups excluding carboxylic acids is 2. The first-order valence-corrected chi connectivity index (χ1v) is 10.7. The van der Waals surface area contributed by atoms with Crippen LogP contribution in [0.3, 0.4) is 0 Å². The number of piperidine rings is 1. The van der Waals surface area contributed by atoms with Crippen LogP contribution in [0.5, 0.6) is 11.5 Å². The minimum absolute atomic E-state index is 0.0114. The number of likely N-dealkylation sites (tertiary alicyclic amines) is 1. The molecule has 4 rings (SSSR count). The number of nitrogens with zero attached hydrogens (tertiary/aromatic N) is 2. The molecule has 2 aliphatic rings. The molecule has 0 atom stereocenters. The molecule has 1 saturated heterocycles. The predicted molar refractivity (Wildman–Crippen MR) is 111 cm³/mol. The summed E-state index contributed by atoms with van der Waals surface area (Å²) < 4.78 is 63.8. The average molecular weight is 476 g/mol. The smallest absolute Gasteiger partial charge is 0.416 e. The quantitative estimate of drug-likeness (QED) is 0.620. The third-order valence-corrected chi connectivity index (χ3v) is 5.96. The predicted octanol–water partition coefficient (Wildman–Crippen LogP) is 4.15. The van der Waals surface area contributed by atoms with E-state index in [1.165, 1.54) is 11.0 Å². The largest absolute Gasteiger partial charge is 0.492 e. The molecule has 2 heterocycles. The van der Waals surface area contributed by atoms with Crippen LogP contribution in [0.15, 0.2) is 30.3 Å². The van der Waals surface area contributed by atoms with Crippen LogP contribution >= 0.6 is 0 Å². The Morgan fingerprint density at radius 3 is 2.62 bits per heavy atom. The first-order chi connectivity index (χ1) is 16.2. The summed E-state index contributed by atoms with van der Waals surface area (Å²) in [5.74, 6) is -0.989. The standard InChI is InChI=1S/C24H20F4N2O4/c25-20-10-22-15(8-18(31)13-34-22)9-19(20)23(32)30-5-3-14(4-6-30)12-33-21-2-1-17(24(26,27)28)7-16(21)11-29/h1-2,7,9-10,14H,3-6,8,12-13H2. The third-order valence-electron chi connectivity index (χ3n) is 5.96. The highest BCUT2D eigenvalue weighted by molar-refractivity contribution is 5.95. The third kappa shape index (κ3) is 4.98. The molecule has 0 aliphatic carbocycles. The lowest BCUT2D eigenvalue weighted by molar-refractivity contribution is -0.137. The van der Waals surface area contributed by atoms with E-state index in [0.29, 0.717) is 31.5 Å². The lowest BCUT2D eigenvalue weighted by Crippen LogP contribution is -2.40. The van der Waals surface area contributed by atoms with Crippen molar-refractivity contribution >= 4 is 11.7 Å².